The lowest BCUT2D eigenvalue weighted by molar-refractivity contribution is 0.669. The summed E-state index contributed by atoms with van der Waals surface area (Å²) in [4.78, 5) is 29.8. The third-order valence-electron chi connectivity index (χ3n) is 23.9. The standard InChI is InChI=1S/C57H33N5OS.C51H31N5O/c1-3-13-34(14-4-1)55-58-56(35-15-5-2-6-16-35)60-57(59-55)36-23-27-53-45(29-36)46-31-38(25-28-54(46)64-53)61-47-20-10-7-17-39(47)42-30-37(24-26-49(42)61)62-48-21-11-8-18-40(48)43-33-52-44(32-50(43)62)41-19-9-12-22-51(41)63-52;1-3-13-32(14-4-1)49-52-50(33-15-5-2-6-16-33)54-51(53-49)34-23-25-35(26-24-34)55-42-20-10-7-17-37(42)41-31-36(27-29-44(41)55)56-43-21-11-8-19-40(43)47-45(56)30-28-39-38-18-9-12-22-46(38)57-48(39)47/h1-33H;1-31H. The lowest BCUT2D eigenvalue weighted by Crippen LogP contribution is -2.00. The third kappa shape index (κ3) is 11.0. The first-order chi connectivity index (χ1) is 60.0. The molecule has 0 fully saturated rings. The van der Waals surface area contributed by atoms with E-state index in [4.69, 9.17) is 38.7 Å². The molecule has 0 radical (unpaired) electrons. The summed E-state index contributed by atoms with van der Waals surface area (Å²) in [5.74, 6) is 3.87. The number of hydrogen-bond donors (Lipinski definition) is 0. The van der Waals surface area contributed by atoms with Gasteiger partial charge in [0.15, 0.2) is 34.9 Å². The van der Waals surface area contributed by atoms with E-state index in [0.29, 0.717) is 34.9 Å². The SMILES string of the molecule is c1ccc(-c2nc(-c3ccccc3)nc(-c3ccc(-n4c5ccccc5c5cc(-n6c7ccccc7c7c8oc9ccccc9c8ccc76)ccc54)cc3)n2)cc1.c1ccc(-c2nc(-c3ccccc3)nc(-c3ccc4sc5ccc(-n6c7ccccc7c7cc(-n8c9ccccc9c9cc%10oc%11ccccc%11c%10cc98)ccc76)cc5c4c3)n2)cc1. The Morgan fingerprint density at radius 3 is 1.02 bits per heavy atom. The van der Waals surface area contributed by atoms with Crippen molar-refractivity contribution >= 4 is 163 Å². The van der Waals surface area contributed by atoms with Crippen molar-refractivity contribution in [2.75, 3.05) is 0 Å². The molecule has 26 rings (SSSR count). The molecular weight excluding hydrogens is 1500 g/mol. The Kier molecular flexibility index (Phi) is 15.3. The number of furan rings is 2. The number of benzene rings is 17. The second-order valence-electron chi connectivity index (χ2n) is 30.8. The highest BCUT2D eigenvalue weighted by Gasteiger charge is 2.25. The number of hydrogen-bond acceptors (Lipinski definition) is 9. The van der Waals surface area contributed by atoms with Crippen LogP contribution in [0.4, 0.5) is 0 Å². The summed E-state index contributed by atoms with van der Waals surface area (Å²) < 4.78 is 24.9. The second-order valence-corrected chi connectivity index (χ2v) is 31.9. The first kappa shape index (κ1) is 68.0. The molecule has 26 aromatic rings. The van der Waals surface area contributed by atoms with Crippen LogP contribution in [0.2, 0.25) is 0 Å². The van der Waals surface area contributed by atoms with Crippen molar-refractivity contribution in [1.29, 1.82) is 0 Å². The maximum absolute atomic E-state index is 6.56. The molecule has 0 aliphatic carbocycles. The number of rotatable bonds is 10. The zero-order valence-corrected chi connectivity index (χ0v) is 65.5. The zero-order valence-electron chi connectivity index (χ0n) is 64.6. The van der Waals surface area contributed by atoms with Gasteiger partial charge in [-0.3, -0.25) is 0 Å². The molecule has 0 bridgehead atoms. The Balaban J connectivity index is 0.000000135. The molecule has 12 nitrogen and oxygen atoms in total. The molecule has 0 N–H and O–H groups in total. The molecule has 0 spiro atoms. The minimum Gasteiger partial charge on any atom is -0.456 e. The van der Waals surface area contributed by atoms with Crippen LogP contribution in [0.25, 0.3) is 242 Å². The van der Waals surface area contributed by atoms with E-state index in [1.54, 1.807) is 0 Å². The van der Waals surface area contributed by atoms with Crippen molar-refractivity contribution in [2.45, 2.75) is 0 Å². The molecule has 0 atom stereocenters. The molecule has 121 heavy (non-hydrogen) atoms. The van der Waals surface area contributed by atoms with E-state index < -0.39 is 0 Å². The molecule has 13 heteroatoms. The normalized spacial score (nSPS) is 12.0. The molecule has 17 aromatic carbocycles. The lowest BCUT2D eigenvalue weighted by atomic mass is 10.1. The smallest absolute Gasteiger partial charge is 0.164 e. The van der Waals surface area contributed by atoms with E-state index >= 15 is 0 Å². The first-order valence-corrected chi connectivity index (χ1v) is 41.4. The van der Waals surface area contributed by atoms with Crippen LogP contribution in [0.5, 0.6) is 0 Å². The fraction of sp³-hybridized carbons (Fsp3) is 0. The highest BCUT2D eigenvalue weighted by Crippen LogP contribution is 2.46. The van der Waals surface area contributed by atoms with Crippen LogP contribution in [0.15, 0.2) is 397 Å². The molecule has 9 aromatic heterocycles. The largest absolute Gasteiger partial charge is 0.456 e. The quantitative estimate of drug-likeness (QED) is 0.133. The maximum Gasteiger partial charge on any atom is 0.164 e. The van der Waals surface area contributed by atoms with Crippen LogP contribution in [0.3, 0.4) is 0 Å². The summed E-state index contributed by atoms with van der Waals surface area (Å²) >= 11 is 1.81. The van der Waals surface area contributed by atoms with Gasteiger partial charge in [0, 0.05) is 136 Å². The summed E-state index contributed by atoms with van der Waals surface area (Å²) in [6.07, 6.45) is 0. The monoisotopic (exact) mass is 1560 g/mol. The molecule has 0 saturated carbocycles. The number of nitrogens with zero attached hydrogens (tertiary/aromatic N) is 10. The Hall–Kier alpha value is -16.2. The van der Waals surface area contributed by atoms with Gasteiger partial charge in [0.2, 0.25) is 0 Å². The van der Waals surface area contributed by atoms with Crippen LogP contribution in [0, 0.1) is 0 Å². The van der Waals surface area contributed by atoms with Gasteiger partial charge in [0.25, 0.3) is 0 Å². The third-order valence-corrected chi connectivity index (χ3v) is 25.1. The molecule has 0 saturated heterocycles. The Bertz CT molecular complexity index is 8600. The van der Waals surface area contributed by atoms with Gasteiger partial charge in [-0.2, -0.15) is 0 Å². The summed E-state index contributed by atoms with van der Waals surface area (Å²) in [7, 11) is 0. The molecular formula is C108H64N10O2S. The predicted molar refractivity (Wildman–Crippen MR) is 497 cm³/mol. The van der Waals surface area contributed by atoms with Crippen molar-refractivity contribution in [3.05, 3.63) is 388 Å². The average Bonchev–Trinajstić information content (AvgIpc) is 1.56. The molecule has 0 aliphatic heterocycles. The van der Waals surface area contributed by atoms with E-state index in [2.05, 4.69) is 261 Å². The van der Waals surface area contributed by atoms with Gasteiger partial charge >= 0.3 is 0 Å². The summed E-state index contributed by atoms with van der Waals surface area (Å²) in [6, 6.07) is 137. The Morgan fingerprint density at radius 2 is 0.512 bits per heavy atom. The minimum atomic E-state index is 0.632. The number of para-hydroxylation sites is 6. The van der Waals surface area contributed by atoms with Crippen molar-refractivity contribution in [1.82, 2.24) is 48.2 Å². The fourth-order valence-electron chi connectivity index (χ4n) is 18.4. The predicted octanol–water partition coefficient (Wildman–Crippen LogP) is 28.3. The van der Waals surface area contributed by atoms with Gasteiger partial charge in [0.1, 0.15) is 22.3 Å². The molecule has 9 heterocycles. The molecule has 0 amide bonds. The zero-order chi connectivity index (χ0) is 79.3. The topological polar surface area (TPSA) is 123 Å². The van der Waals surface area contributed by atoms with Gasteiger partial charge in [-0.05, 0) is 158 Å². The number of fused-ring (bicyclic) bond motifs is 22. The molecule has 0 aliphatic rings. The maximum atomic E-state index is 6.56. The second kappa shape index (κ2) is 27.2. The average molecular weight is 1570 g/mol. The van der Waals surface area contributed by atoms with E-state index in [-0.39, 0.29) is 0 Å². The van der Waals surface area contributed by atoms with E-state index in [0.717, 1.165) is 150 Å². The number of aromatic nitrogens is 10. The first-order valence-electron chi connectivity index (χ1n) is 40.5. The highest BCUT2D eigenvalue weighted by molar-refractivity contribution is 7.25. The van der Waals surface area contributed by atoms with E-state index in [1.807, 2.05) is 157 Å². The van der Waals surface area contributed by atoms with Crippen molar-refractivity contribution in [3.8, 4) is 91.1 Å². The van der Waals surface area contributed by atoms with E-state index in [9.17, 15) is 0 Å². The van der Waals surface area contributed by atoms with Crippen LogP contribution >= 0.6 is 11.3 Å². The molecule has 0 unspecified atom stereocenters. The fourth-order valence-corrected chi connectivity index (χ4v) is 19.5. The van der Waals surface area contributed by atoms with Crippen molar-refractivity contribution < 1.29 is 8.83 Å². The highest BCUT2D eigenvalue weighted by atomic mass is 32.1. The van der Waals surface area contributed by atoms with Crippen molar-refractivity contribution in [3.63, 3.8) is 0 Å². The van der Waals surface area contributed by atoms with Gasteiger partial charge in [-0.1, -0.05) is 231 Å². The summed E-state index contributed by atoms with van der Waals surface area (Å²) in [5, 5.41) is 16.3. The minimum absolute atomic E-state index is 0.632. The summed E-state index contributed by atoms with van der Waals surface area (Å²) in [5.41, 5.74) is 22.9. The van der Waals surface area contributed by atoms with Gasteiger partial charge < -0.3 is 27.1 Å². The Morgan fingerprint density at radius 1 is 0.182 bits per heavy atom. The molecule has 564 valence electrons. The van der Waals surface area contributed by atoms with Crippen LogP contribution < -0.4 is 0 Å². The Labute approximate surface area is 694 Å². The van der Waals surface area contributed by atoms with Crippen molar-refractivity contribution in [2.24, 2.45) is 0 Å². The van der Waals surface area contributed by atoms with Crippen LogP contribution in [-0.4, -0.2) is 48.2 Å². The summed E-state index contributed by atoms with van der Waals surface area (Å²) in [6.45, 7) is 0. The lowest BCUT2D eigenvalue weighted by Gasteiger charge is -2.11. The number of thiophene rings is 1. The van der Waals surface area contributed by atoms with Gasteiger partial charge in [0.05, 0.1) is 49.5 Å². The van der Waals surface area contributed by atoms with Gasteiger partial charge in [-0.25, -0.2) is 29.9 Å². The van der Waals surface area contributed by atoms with E-state index in [1.165, 1.54) is 57.9 Å². The van der Waals surface area contributed by atoms with Crippen LogP contribution in [-0.2, 0) is 0 Å². The van der Waals surface area contributed by atoms with Crippen LogP contribution in [0.1, 0.15) is 0 Å². The van der Waals surface area contributed by atoms with Gasteiger partial charge in [-0.15, -0.1) is 11.3 Å².